The Morgan fingerprint density at radius 2 is 1.90 bits per heavy atom. The molecule has 0 aromatic heterocycles. The Hall–Kier alpha value is -1.20. The summed E-state index contributed by atoms with van der Waals surface area (Å²) < 4.78 is 0. The minimum absolute atomic E-state index is 0.169. The summed E-state index contributed by atoms with van der Waals surface area (Å²) >= 11 is 1.72. The van der Waals surface area contributed by atoms with Crippen molar-refractivity contribution in [3.05, 3.63) is 29.8 Å². The monoisotopic (exact) mass is 296 g/mol. The number of hydrogen-bond acceptors (Lipinski definition) is 3. The number of benzene rings is 1. The number of aliphatic hydroxyl groups is 1. The molecule has 0 saturated heterocycles. The van der Waals surface area contributed by atoms with Gasteiger partial charge in [0.2, 0.25) is 0 Å². The third-order valence-corrected chi connectivity index (χ3v) is 3.93. The summed E-state index contributed by atoms with van der Waals surface area (Å²) in [5.41, 5.74) is 1.25. The standard InChI is InChI=1S/C15H24N2O2S/c1-3-13(18)8-9-16-15(19)17-10-11-20-14-6-4-12(2)5-7-14/h4-7,13,18H,3,8-11H2,1-2H3,(H2,16,17,19). The molecule has 0 heterocycles. The SMILES string of the molecule is CCC(O)CCNC(=O)NCCSc1ccc(C)cc1. The van der Waals surface area contributed by atoms with Crippen LogP contribution < -0.4 is 10.6 Å². The second kappa shape index (κ2) is 9.66. The first-order valence-corrected chi connectivity index (χ1v) is 7.99. The van der Waals surface area contributed by atoms with Gasteiger partial charge in [-0.3, -0.25) is 0 Å². The zero-order valence-corrected chi connectivity index (χ0v) is 13.0. The van der Waals surface area contributed by atoms with Gasteiger partial charge in [0.1, 0.15) is 0 Å². The molecule has 0 fully saturated rings. The summed E-state index contributed by atoms with van der Waals surface area (Å²) in [5.74, 6) is 0.841. The van der Waals surface area contributed by atoms with E-state index in [1.807, 2.05) is 6.92 Å². The Kier molecular flexibility index (Phi) is 8.14. The Bertz CT molecular complexity index is 395. The van der Waals surface area contributed by atoms with E-state index < -0.39 is 0 Å². The highest BCUT2D eigenvalue weighted by Crippen LogP contribution is 2.17. The van der Waals surface area contributed by atoms with E-state index in [-0.39, 0.29) is 12.1 Å². The molecule has 0 aliphatic rings. The molecule has 0 saturated carbocycles. The first-order chi connectivity index (χ1) is 9.61. The van der Waals surface area contributed by atoms with Crippen molar-refractivity contribution in [1.29, 1.82) is 0 Å². The lowest BCUT2D eigenvalue weighted by Gasteiger charge is -2.10. The van der Waals surface area contributed by atoms with Crippen LogP contribution in [0, 0.1) is 6.92 Å². The van der Waals surface area contributed by atoms with Crippen LogP contribution in [-0.4, -0.2) is 36.1 Å². The molecule has 4 nitrogen and oxygen atoms in total. The second-order valence-corrected chi connectivity index (χ2v) is 5.86. The third kappa shape index (κ3) is 7.40. The molecule has 5 heteroatoms. The van der Waals surface area contributed by atoms with Crippen LogP contribution in [0.5, 0.6) is 0 Å². The van der Waals surface area contributed by atoms with Gasteiger partial charge < -0.3 is 15.7 Å². The number of carbonyl (C=O) groups excluding carboxylic acids is 1. The van der Waals surface area contributed by atoms with Crippen LogP contribution >= 0.6 is 11.8 Å². The highest BCUT2D eigenvalue weighted by molar-refractivity contribution is 7.99. The van der Waals surface area contributed by atoms with Crippen molar-refractivity contribution < 1.29 is 9.90 Å². The molecule has 20 heavy (non-hydrogen) atoms. The Balaban J connectivity index is 2.05. The van der Waals surface area contributed by atoms with Gasteiger partial charge in [-0.25, -0.2) is 4.79 Å². The Morgan fingerprint density at radius 3 is 2.55 bits per heavy atom. The number of amides is 2. The van der Waals surface area contributed by atoms with Crippen LogP contribution in [0.4, 0.5) is 4.79 Å². The average Bonchev–Trinajstić information content (AvgIpc) is 2.45. The van der Waals surface area contributed by atoms with Gasteiger partial charge >= 0.3 is 6.03 Å². The fourth-order valence-corrected chi connectivity index (χ4v) is 2.36. The zero-order valence-electron chi connectivity index (χ0n) is 12.2. The number of thioether (sulfide) groups is 1. The molecule has 0 spiro atoms. The van der Waals surface area contributed by atoms with E-state index in [1.54, 1.807) is 11.8 Å². The van der Waals surface area contributed by atoms with Crippen molar-refractivity contribution in [3.63, 3.8) is 0 Å². The molecule has 2 amide bonds. The maximum atomic E-state index is 11.5. The van der Waals surface area contributed by atoms with E-state index in [0.29, 0.717) is 19.5 Å². The molecule has 0 radical (unpaired) electrons. The van der Waals surface area contributed by atoms with E-state index in [0.717, 1.165) is 12.2 Å². The number of aryl methyl sites for hydroxylation is 1. The van der Waals surface area contributed by atoms with Gasteiger partial charge in [-0.15, -0.1) is 11.8 Å². The normalized spacial score (nSPS) is 11.9. The maximum absolute atomic E-state index is 11.5. The van der Waals surface area contributed by atoms with E-state index in [4.69, 9.17) is 0 Å². The largest absolute Gasteiger partial charge is 0.393 e. The number of nitrogens with one attached hydrogen (secondary N) is 2. The van der Waals surface area contributed by atoms with E-state index in [2.05, 4.69) is 41.8 Å². The molecule has 3 N–H and O–H groups in total. The van der Waals surface area contributed by atoms with Gasteiger partial charge in [0.15, 0.2) is 0 Å². The van der Waals surface area contributed by atoms with Crippen LogP contribution in [-0.2, 0) is 0 Å². The predicted molar refractivity (Wildman–Crippen MR) is 84.2 cm³/mol. The number of hydrogen-bond donors (Lipinski definition) is 3. The van der Waals surface area contributed by atoms with Crippen molar-refractivity contribution in [3.8, 4) is 0 Å². The third-order valence-electron chi connectivity index (χ3n) is 2.91. The van der Waals surface area contributed by atoms with Crippen molar-refractivity contribution in [2.24, 2.45) is 0 Å². The van der Waals surface area contributed by atoms with Gasteiger partial charge in [-0.2, -0.15) is 0 Å². The summed E-state index contributed by atoms with van der Waals surface area (Å²) in [6.45, 7) is 5.12. The first-order valence-electron chi connectivity index (χ1n) is 7.01. The van der Waals surface area contributed by atoms with Gasteiger partial charge in [0.25, 0.3) is 0 Å². The topological polar surface area (TPSA) is 61.4 Å². The quantitative estimate of drug-likeness (QED) is 0.510. The van der Waals surface area contributed by atoms with Crippen LogP contribution in [0.25, 0.3) is 0 Å². The first kappa shape index (κ1) is 16.9. The second-order valence-electron chi connectivity index (χ2n) is 4.69. The van der Waals surface area contributed by atoms with Crippen molar-refractivity contribution in [1.82, 2.24) is 10.6 Å². The van der Waals surface area contributed by atoms with Crippen LogP contribution in [0.3, 0.4) is 0 Å². The van der Waals surface area contributed by atoms with Crippen LogP contribution in [0.2, 0.25) is 0 Å². The van der Waals surface area contributed by atoms with Gasteiger partial charge in [-0.1, -0.05) is 24.6 Å². The van der Waals surface area contributed by atoms with E-state index in [9.17, 15) is 9.90 Å². The summed E-state index contributed by atoms with van der Waals surface area (Å²) in [4.78, 5) is 12.7. The summed E-state index contributed by atoms with van der Waals surface area (Å²) in [6.07, 6.45) is 0.991. The van der Waals surface area contributed by atoms with Crippen molar-refractivity contribution >= 4 is 17.8 Å². The number of rotatable bonds is 8. The van der Waals surface area contributed by atoms with Crippen LogP contribution in [0.15, 0.2) is 29.2 Å². The number of aliphatic hydroxyl groups excluding tert-OH is 1. The highest BCUT2D eigenvalue weighted by atomic mass is 32.2. The molecule has 0 aliphatic heterocycles. The fraction of sp³-hybridized carbons (Fsp3) is 0.533. The molecule has 1 rings (SSSR count). The molecular weight excluding hydrogens is 272 g/mol. The Morgan fingerprint density at radius 1 is 1.25 bits per heavy atom. The maximum Gasteiger partial charge on any atom is 0.314 e. The summed E-state index contributed by atoms with van der Waals surface area (Å²) in [5, 5.41) is 14.9. The molecule has 1 aromatic rings. The number of urea groups is 1. The Labute approximate surface area is 125 Å². The lowest BCUT2D eigenvalue weighted by molar-refractivity contribution is 0.160. The summed E-state index contributed by atoms with van der Waals surface area (Å²) in [6, 6.07) is 8.18. The molecule has 1 atom stereocenters. The van der Waals surface area contributed by atoms with E-state index >= 15 is 0 Å². The molecule has 0 bridgehead atoms. The molecular formula is C15H24N2O2S. The predicted octanol–water partition coefficient (Wildman–Crippen LogP) is 2.55. The smallest absolute Gasteiger partial charge is 0.314 e. The van der Waals surface area contributed by atoms with Crippen molar-refractivity contribution in [2.75, 3.05) is 18.8 Å². The molecule has 0 aliphatic carbocycles. The van der Waals surface area contributed by atoms with Gasteiger partial charge in [-0.05, 0) is 31.9 Å². The molecule has 112 valence electrons. The van der Waals surface area contributed by atoms with Crippen LogP contribution in [0.1, 0.15) is 25.3 Å². The minimum Gasteiger partial charge on any atom is -0.393 e. The van der Waals surface area contributed by atoms with E-state index in [1.165, 1.54) is 10.5 Å². The lowest BCUT2D eigenvalue weighted by Crippen LogP contribution is -2.37. The average molecular weight is 296 g/mol. The highest BCUT2D eigenvalue weighted by Gasteiger charge is 2.03. The minimum atomic E-state index is -0.326. The zero-order chi connectivity index (χ0) is 14.8. The molecule has 1 unspecified atom stereocenters. The molecule has 1 aromatic carbocycles. The van der Waals surface area contributed by atoms with Gasteiger partial charge in [0.05, 0.1) is 6.10 Å². The van der Waals surface area contributed by atoms with Crippen molar-refractivity contribution in [2.45, 2.75) is 37.7 Å². The fourth-order valence-electron chi connectivity index (χ4n) is 1.59. The number of carbonyl (C=O) groups is 1. The van der Waals surface area contributed by atoms with Gasteiger partial charge in [0, 0.05) is 23.7 Å². The summed E-state index contributed by atoms with van der Waals surface area (Å²) in [7, 11) is 0. The lowest BCUT2D eigenvalue weighted by atomic mass is 10.2.